The van der Waals surface area contributed by atoms with E-state index < -0.39 is 15.8 Å². The summed E-state index contributed by atoms with van der Waals surface area (Å²) in [4.78, 5) is 3.41. The van der Waals surface area contributed by atoms with E-state index in [9.17, 15) is 12.8 Å². The van der Waals surface area contributed by atoms with Crippen molar-refractivity contribution in [3.63, 3.8) is 0 Å². The Morgan fingerprint density at radius 1 is 1.22 bits per heavy atom. The van der Waals surface area contributed by atoms with E-state index >= 15 is 0 Å². The molecule has 0 radical (unpaired) electrons. The minimum atomic E-state index is -3.71. The van der Waals surface area contributed by atoms with E-state index in [-0.39, 0.29) is 10.9 Å². The number of likely N-dealkylation sites (tertiary alicyclic amines) is 1. The smallest absolute Gasteiger partial charge is 0.240 e. The molecule has 0 amide bonds. The lowest BCUT2D eigenvalue weighted by atomic mass is 10.2. The SMILES string of the molecule is O=S(=O)(NCC(c1cccs1)N1CCCC1)c1cccc(F)c1. The van der Waals surface area contributed by atoms with Gasteiger partial charge >= 0.3 is 0 Å². The molecule has 1 aliphatic rings. The molecule has 4 nitrogen and oxygen atoms in total. The number of halogens is 1. The summed E-state index contributed by atoms with van der Waals surface area (Å²) in [5, 5.41) is 2.00. The van der Waals surface area contributed by atoms with Crippen LogP contribution in [-0.4, -0.2) is 33.0 Å². The van der Waals surface area contributed by atoms with Gasteiger partial charge in [0.1, 0.15) is 5.82 Å². The van der Waals surface area contributed by atoms with Gasteiger partial charge in [-0.15, -0.1) is 11.3 Å². The van der Waals surface area contributed by atoms with Gasteiger partial charge in [-0.3, -0.25) is 4.90 Å². The number of benzene rings is 1. The highest BCUT2D eigenvalue weighted by Crippen LogP contribution is 2.28. The third-order valence-corrected chi connectivity index (χ3v) is 6.42. The van der Waals surface area contributed by atoms with Crippen LogP contribution >= 0.6 is 11.3 Å². The third kappa shape index (κ3) is 3.98. The average Bonchev–Trinajstić information content (AvgIpc) is 3.21. The van der Waals surface area contributed by atoms with E-state index in [0.717, 1.165) is 36.9 Å². The van der Waals surface area contributed by atoms with Crippen LogP contribution in [0.1, 0.15) is 23.8 Å². The van der Waals surface area contributed by atoms with Gasteiger partial charge in [0, 0.05) is 11.4 Å². The van der Waals surface area contributed by atoms with Gasteiger partial charge in [0.05, 0.1) is 10.9 Å². The zero-order valence-electron chi connectivity index (χ0n) is 12.6. The van der Waals surface area contributed by atoms with Crippen LogP contribution in [0.2, 0.25) is 0 Å². The molecule has 1 saturated heterocycles. The average molecular weight is 354 g/mol. The summed E-state index contributed by atoms with van der Waals surface area (Å²) < 4.78 is 40.7. The van der Waals surface area contributed by atoms with Crippen LogP contribution in [0.5, 0.6) is 0 Å². The Bertz CT molecular complexity index is 741. The number of nitrogens with zero attached hydrogens (tertiary/aromatic N) is 1. The fourth-order valence-corrected chi connectivity index (χ4v) is 4.78. The van der Waals surface area contributed by atoms with Gasteiger partial charge in [0.25, 0.3) is 0 Å². The highest BCUT2D eigenvalue weighted by molar-refractivity contribution is 7.89. The number of hydrogen-bond acceptors (Lipinski definition) is 4. The van der Waals surface area contributed by atoms with Crippen LogP contribution in [0.4, 0.5) is 4.39 Å². The predicted molar refractivity (Wildman–Crippen MR) is 89.5 cm³/mol. The zero-order chi connectivity index (χ0) is 16.3. The largest absolute Gasteiger partial charge is 0.294 e. The van der Waals surface area contributed by atoms with Crippen molar-refractivity contribution in [2.45, 2.75) is 23.8 Å². The zero-order valence-corrected chi connectivity index (χ0v) is 14.2. The molecule has 1 aromatic heterocycles. The van der Waals surface area contributed by atoms with Crippen LogP contribution in [0.25, 0.3) is 0 Å². The standard InChI is InChI=1S/C16H19FN2O2S2/c17-13-5-3-6-14(11-13)23(20,21)18-12-15(16-7-4-10-22-16)19-8-1-2-9-19/h3-7,10-11,15,18H,1-2,8-9,12H2. The Labute approximate surface area is 140 Å². The van der Waals surface area contributed by atoms with Crippen molar-refractivity contribution in [1.82, 2.24) is 9.62 Å². The molecule has 0 saturated carbocycles. The van der Waals surface area contributed by atoms with Crippen LogP contribution in [-0.2, 0) is 10.0 Å². The Hall–Kier alpha value is -1.28. The van der Waals surface area contributed by atoms with Gasteiger partial charge in [-0.05, 0) is 55.6 Å². The molecular formula is C16H19FN2O2S2. The first-order chi connectivity index (χ1) is 11.1. The number of thiophene rings is 1. The van der Waals surface area contributed by atoms with Crippen molar-refractivity contribution in [2.24, 2.45) is 0 Å². The van der Waals surface area contributed by atoms with E-state index in [0.29, 0.717) is 6.54 Å². The summed E-state index contributed by atoms with van der Waals surface area (Å²) in [7, 11) is -3.71. The lowest BCUT2D eigenvalue weighted by molar-refractivity contribution is 0.250. The molecular weight excluding hydrogens is 335 g/mol. The van der Waals surface area contributed by atoms with Crippen LogP contribution in [0.15, 0.2) is 46.7 Å². The maximum absolute atomic E-state index is 13.3. The lowest BCUT2D eigenvalue weighted by Gasteiger charge is -2.26. The third-order valence-electron chi connectivity index (χ3n) is 4.03. The fraction of sp³-hybridized carbons (Fsp3) is 0.375. The molecule has 7 heteroatoms. The number of rotatable bonds is 6. The molecule has 0 spiro atoms. The Morgan fingerprint density at radius 3 is 2.65 bits per heavy atom. The minimum Gasteiger partial charge on any atom is -0.294 e. The Morgan fingerprint density at radius 2 is 2.00 bits per heavy atom. The summed E-state index contributed by atoms with van der Waals surface area (Å²) >= 11 is 1.63. The second-order valence-electron chi connectivity index (χ2n) is 5.58. The first-order valence-electron chi connectivity index (χ1n) is 7.59. The molecule has 1 fully saturated rings. The summed E-state index contributed by atoms with van der Waals surface area (Å²) in [6, 6.07) is 9.12. The van der Waals surface area contributed by atoms with Gasteiger partial charge in [-0.2, -0.15) is 0 Å². The van der Waals surface area contributed by atoms with E-state index in [1.54, 1.807) is 11.3 Å². The monoisotopic (exact) mass is 354 g/mol. The van der Waals surface area contributed by atoms with E-state index in [2.05, 4.69) is 9.62 Å². The number of sulfonamides is 1. The van der Waals surface area contributed by atoms with Crippen molar-refractivity contribution in [3.05, 3.63) is 52.5 Å². The molecule has 124 valence electrons. The van der Waals surface area contributed by atoms with Crippen LogP contribution in [0, 0.1) is 5.82 Å². The first kappa shape index (κ1) is 16.6. The number of nitrogens with one attached hydrogen (secondary N) is 1. The second-order valence-corrected chi connectivity index (χ2v) is 8.33. The maximum atomic E-state index is 13.3. The summed E-state index contributed by atoms with van der Waals surface area (Å²) in [6.45, 7) is 2.24. The highest BCUT2D eigenvalue weighted by atomic mass is 32.2. The van der Waals surface area contributed by atoms with Crippen molar-refractivity contribution in [1.29, 1.82) is 0 Å². The Balaban J connectivity index is 1.76. The molecule has 23 heavy (non-hydrogen) atoms. The fourth-order valence-electron chi connectivity index (χ4n) is 2.85. The second kappa shape index (κ2) is 7.09. The van der Waals surface area contributed by atoms with E-state index in [1.807, 2.05) is 17.5 Å². The van der Waals surface area contributed by atoms with Gasteiger partial charge in [-0.1, -0.05) is 12.1 Å². The lowest BCUT2D eigenvalue weighted by Crippen LogP contribution is -2.36. The molecule has 1 atom stereocenters. The Kier molecular flexibility index (Phi) is 5.11. The van der Waals surface area contributed by atoms with Crippen molar-refractivity contribution >= 4 is 21.4 Å². The van der Waals surface area contributed by atoms with E-state index in [1.165, 1.54) is 18.2 Å². The van der Waals surface area contributed by atoms with E-state index in [4.69, 9.17) is 0 Å². The maximum Gasteiger partial charge on any atom is 0.240 e. The summed E-state index contributed by atoms with van der Waals surface area (Å²) in [5.41, 5.74) is 0. The highest BCUT2D eigenvalue weighted by Gasteiger charge is 2.26. The van der Waals surface area contributed by atoms with Crippen molar-refractivity contribution in [2.75, 3.05) is 19.6 Å². The normalized spacial score (nSPS) is 17.4. The quantitative estimate of drug-likeness (QED) is 0.868. The van der Waals surface area contributed by atoms with Crippen molar-refractivity contribution < 1.29 is 12.8 Å². The molecule has 0 aliphatic carbocycles. The molecule has 0 bridgehead atoms. The van der Waals surface area contributed by atoms with Gasteiger partial charge < -0.3 is 0 Å². The summed E-state index contributed by atoms with van der Waals surface area (Å²) in [5.74, 6) is -0.553. The molecule has 1 aromatic carbocycles. The minimum absolute atomic E-state index is 0.0286. The van der Waals surface area contributed by atoms with Gasteiger partial charge in [0.15, 0.2) is 0 Å². The topological polar surface area (TPSA) is 49.4 Å². The van der Waals surface area contributed by atoms with Crippen molar-refractivity contribution in [3.8, 4) is 0 Å². The van der Waals surface area contributed by atoms with Gasteiger partial charge in [-0.25, -0.2) is 17.5 Å². The molecule has 1 aliphatic heterocycles. The molecule has 2 aromatic rings. The molecule has 3 rings (SSSR count). The first-order valence-corrected chi connectivity index (χ1v) is 9.95. The van der Waals surface area contributed by atoms with Crippen LogP contribution in [0.3, 0.4) is 0 Å². The van der Waals surface area contributed by atoms with Crippen LogP contribution < -0.4 is 4.72 Å². The van der Waals surface area contributed by atoms with Gasteiger partial charge in [0.2, 0.25) is 10.0 Å². The number of hydrogen-bond donors (Lipinski definition) is 1. The molecule has 1 N–H and O–H groups in total. The summed E-state index contributed by atoms with van der Waals surface area (Å²) in [6.07, 6.45) is 2.27. The molecule has 1 unspecified atom stereocenters. The molecule has 2 heterocycles. The predicted octanol–water partition coefficient (Wildman–Crippen LogP) is 3.00.